The molecule has 0 saturated heterocycles. The first kappa shape index (κ1) is 20.1. The van der Waals surface area contributed by atoms with Crippen molar-refractivity contribution in [1.29, 1.82) is 0 Å². The van der Waals surface area contributed by atoms with Gasteiger partial charge in [-0.05, 0) is 37.6 Å². The minimum atomic E-state index is -0.715. The predicted octanol–water partition coefficient (Wildman–Crippen LogP) is 1.23. The van der Waals surface area contributed by atoms with Gasteiger partial charge in [-0.2, -0.15) is 0 Å². The van der Waals surface area contributed by atoms with Gasteiger partial charge in [0.15, 0.2) is 11.5 Å². The van der Waals surface area contributed by atoms with E-state index in [4.69, 9.17) is 5.73 Å². The summed E-state index contributed by atoms with van der Waals surface area (Å²) in [6.45, 7) is 1.97. The van der Waals surface area contributed by atoms with E-state index in [0.29, 0.717) is 17.0 Å². The van der Waals surface area contributed by atoms with Gasteiger partial charge >= 0.3 is 0 Å². The molecule has 1 aliphatic carbocycles. The maximum Gasteiger partial charge on any atom is 0.271 e. The molecule has 1 amide bonds. The van der Waals surface area contributed by atoms with E-state index in [2.05, 4.69) is 36.3 Å². The lowest BCUT2D eigenvalue weighted by Crippen LogP contribution is -2.26. The fourth-order valence-corrected chi connectivity index (χ4v) is 2.93. The fraction of sp³-hybridized carbons (Fsp3) is 0.263. The number of amides is 1. The van der Waals surface area contributed by atoms with Crippen molar-refractivity contribution in [2.75, 3.05) is 17.7 Å². The third-order valence-electron chi connectivity index (χ3n) is 4.65. The highest BCUT2D eigenvalue weighted by atomic mass is 16.1. The number of pyridine rings is 2. The van der Waals surface area contributed by atoms with Crippen LogP contribution < -0.4 is 22.1 Å². The standard InChI is InChI=1S/C18H17N7O2.CH5N/c1-10-6-18(10,9-26)25-14-8-22-15(16(19)27)17(24-14)23-11-5-13-12(21-7-11)3-2-4-20-13;1-2/h2-5,7-10H,6H2,1H3,(H2,19,27)(H2,23,24,25);2H2,1H3/t10?,18-;/m1./s1. The summed E-state index contributed by atoms with van der Waals surface area (Å²) in [6, 6.07) is 5.43. The highest BCUT2D eigenvalue weighted by Gasteiger charge is 2.51. The van der Waals surface area contributed by atoms with Crippen LogP contribution in [0, 0.1) is 5.92 Å². The zero-order valence-electron chi connectivity index (χ0n) is 16.1. The lowest BCUT2D eigenvalue weighted by molar-refractivity contribution is -0.109. The second kappa shape index (κ2) is 8.15. The second-order valence-corrected chi connectivity index (χ2v) is 6.60. The summed E-state index contributed by atoms with van der Waals surface area (Å²) in [5.41, 5.74) is 11.3. The predicted molar refractivity (Wildman–Crippen MR) is 110 cm³/mol. The van der Waals surface area contributed by atoms with E-state index in [1.165, 1.54) is 13.2 Å². The number of hydrogen-bond donors (Lipinski definition) is 4. The van der Waals surface area contributed by atoms with Crippen molar-refractivity contribution in [2.24, 2.45) is 17.4 Å². The third kappa shape index (κ3) is 4.11. The molecule has 3 aromatic rings. The summed E-state index contributed by atoms with van der Waals surface area (Å²) in [7, 11) is 1.50. The summed E-state index contributed by atoms with van der Waals surface area (Å²) >= 11 is 0. The van der Waals surface area contributed by atoms with E-state index in [0.717, 1.165) is 18.2 Å². The van der Waals surface area contributed by atoms with Crippen molar-refractivity contribution < 1.29 is 9.59 Å². The Morgan fingerprint density at radius 3 is 2.66 bits per heavy atom. The van der Waals surface area contributed by atoms with Crippen LogP contribution in [-0.2, 0) is 4.79 Å². The monoisotopic (exact) mass is 394 g/mol. The number of nitrogens with one attached hydrogen (secondary N) is 2. The van der Waals surface area contributed by atoms with Crippen LogP contribution in [0.3, 0.4) is 0 Å². The van der Waals surface area contributed by atoms with E-state index in [9.17, 15) is 9.59 Å². The molecule has 3 aromatic heterocycles. The van der Waals surface area contributed by atoms with Gasteiger partial charge in [-0.15, -0.1) is 0 Å². The average Bonchev–Trinajstić information content (AvgIpc) is 3.38. The molecule has 150 valence electrons. The number of nitrogens with zero attached hydrogens (tertiary/aromatic N) is 4. The first-order valence-electron chi connectivity index (χ1n) is 8.98. The molecule has 0 aliphatic heterocycles. The number of rotatable bonds is 6. The summed E-state index contributed by atoms with van der Waals surface area (Å²) < 4.78 is 0. The lowest BCUT2D eigenvalue weighted by atomic mass is 10.2. The second-order valence-electron chi connectivity index (χ2n) is 6.60. The van der Waals surface area contributed by atoms with Gasteiger partial charge in [0, 0.05) is 6.20 Å². The number of primary amides is 1. The molecule has 3 heterocycles. The molecule has 0 spiro atoms. The van der Waals surface area contributed by atoms with Gasteiger partial charge in [0.25, 0.3) is 5.91 Å². The number of carbonyl (C=O) groups is 2. The normalized spacial score (nSPS) is 19.6. The highest BCUT2D eigenvalue weighted by Crippen LogP contribution is 2.43. The molecule has 0 radical (unpaired) electrons. The van der Waals surface area contributed by atoms with E-state index in [1.807, 2.05) is 13.0 Å². The minimum Gasteiger partial charge on any atom is -0.364 e. The Labute approximate surface area is 167 Å². The first-order valence-corrected chi connectivity index (χ1v) is 8.98. The molecule has 4 rings (SSSR count). The average molecular weight is 394 g/mol. The van der Waals surface area contributed by atoms with Crippen LogP contribution in [-0.4, -0.2) is 44.7 Å². The molecule has 6 N–H and O–H groups in total. The molecule has 1 aliphatic rings. The molecule has 1 fully saturated rings. The van der Waals surface area contributed by atoms with Crippen molar-refractivity contribution in [3.63, 3.8) is 0 Å². The number of aldehydes is 1. The van der Waals surface area contributed by atoms with Gasteiger partial charge < -0.3 is 26.9 Å². The molecule has 10 heteroatoms. The number of hydrogen-bond acceptors (Lipinski definition) is 9. The summed E-state index contributed by atoms with van der Waals surface area (Å²) in [5.74, 6) is 0.0536. The fourth-order valence-electron chi connectivity index (χ4n) is 2.93. The lowest BCUT2D eigenvalue weighted by Gasteiger charge is -2.15. The van der Waals surface area contributed by atoms with Gasteiger partial charge in [0.2, 0.25) is 0 Å². The zero-order chi connectivity index (χ0) is 21.0. The van der Waals surface area contributed by atoms with Crippen molar-refractivity contribution in [3.05, 3.63) is 42.5 Å². The Morgan fingerprint density at radius 2 is 2.00 bits per heavy atom. The maximum atomic E-state index is 11.7. The molecule has 0 bridgehead atoms. The van der Waals surface area contributed by atoms with Crippen LogP contribution in [0.15, 0.2) is 36.8 Å². The molecular weight excluding hydrogens is 372 g/mol. The Hall–Kier alpha value is -3.66. The van der Waals surface area contributed by atoms with Crippen molar-refractivity contribution in [2.45, 2.75) is 18.9 Å². The summed E-state index contributed by atoms with van der Waals surface area (Å²) in [6.07, 6.45) is 6.27. The van der Waals surface area contributed by atoms with Crippen molar-refractivity contribution in [1.82, 2.24) is 19.9 Å². The number of anilines is 3. The Morgan fingerprint density at radius 1 is 1.24 bits per heavy atom. The number of fused-ring (bicyclic) bond motifs is 1. The van der Waals surface area contributed by atoms with Crippen LogP contribution in [0.1, 0.15) is 23.8 Å². The number of aromatic nitrogens is 4. The molecule has 1 saturated carbocycles. The molecule has 1 unspecified atom stereocenters. The van der Waals surface area contributed by atoms with Gasteiger partial charge in [-0.25, -0.2) is 9.97 Å². The van der Waals surface area contributed by atoms with Crippen LogP contribution in [0.25, 0.3) is 11.0 Å². The van der Waals surface area contributed by atoms with E-state index < -0.39 is 11.4 Å². The van der Waals surface area contributed by atoms with Crippen LogP contribution in [0.5, 0.6) is 0 Å². The van der Waals surface area contributed by atoms with Crippen molar-refractivity contribution in [3.8, 4) is 0 Å². The molecule has 10 nitrogen and oxygen atoms in total. The Balaban J connectivity index is 0.00000117. The van der Waals surface area contributed by atoms with Gasteiger partial charge in [0.1, 0.15) is 12.1 Å². The van der Waals surface area contributed by atoms with Gasteiger partial charge in [-0.3, -0.25) is 14.8 Å². The zero-order valence-corrected chi connectivity index (χ0v) is 16.1. The molecule has 2 atom stereocenters. The first-order chi connectivity index (χ1) is 14.0. The van der Waals surface area contributed by atoms with E-state index >= 15 is 0 Å². The smallest absolute Gasteiger partial charge is 0.271 e. The van der Waals surface area contributed by atoms with E-state index in [-0.39, 0.29) is 17.4 Å². The maximum absolute atomic E-state index is 11.7. The van der Waals surface area contributed by atoms with Gasteiger partial charge in [0.05, 0.1) is 34.7 Å². The van der Waals surface area contributed by atoms with Crippen LogP contribution in [0.4, 0.5) is 17.3 Å². The molecule has 29 heavy (non-hydrogen) atoms. The largest absolute Gasteiger partial charge is 0.364 e. The van der Waals surface area contributed by atoms with Gasteiger partial charge in [-0.1, -0.05) is 6.92 Å². The Kier molecular flexibility index (Phi) is 5.64. The number of carbonyl (C=O) groups excluding carboxylic acids is 2. The molecular formula is C19H22N8O2. The SMILES string of the molecule is CC1C[C@]1(C=O)Nc1cnc(C(N)=O)c(Nc2cnc3cccnc3c2)n1.CN. The van der Waals surface area contributed by atoms with Crippen LogP contribution in [0.2, 0.25) is 0 Å². The van der Waals surface area contributed by atoms with E-state index in [1.54, 1.807) is 24.5 Å². The van der Waals surface area contributed by atoms with Crippen molar-refractivity contribution >= 4 is 40.5 Å². The summed E-state index contributed by atoms with van der Waals surface area (Å²) in [5, 5.41) is 6.11. The summed E-state index contributed by atoms with van der Waals surface area (Å²) in [4.78, 5) is 40.1. The minimum absolute atomic E-state index is 0.00864. The third-order valence-corrected chi connectivity index (χ3v) is 4.65. The van der Waals surface area contributed by atoms with Crippen LogP contribution >= 0.6 is 0 Å². The topological polar surface area (TPSA) is 162 Å². The Bertz CT molecular complexity index is 1060. The quantitative estimate of drug-likeness (QED) is 0.450. The number of nitrogens with two attached hydrogens (primary N) is 2. The molecule has 0 aromatic carbocycles. The highest BCUT2D eigenvalue weighted by molar-refractivity contribution is 5.96.